The van der Waals surface area contributed by atoms with Crippen LogP contribution in [0.2, 0.25) is 0 Å². The van der Waals surface area contributed by atoms with E-state index in [0.29, 0.717) is 31.3 Å². The fraction of sp³-hybridized carbons (Fsp3) is 0.579. The number of benzene rings is 1. The first-order chi connectivity index (χ1) is 12.5. The molecule has 0 aromatic heterocycles. The van der Waals surface area contributed by atoms with E-state index in [0.717, 1.165) is 25.2 Å². The van der Waals surface area contributed by atoms with Gasteiger partial charge in [-0.3, -0.25) is 9.59 Å². The van der Waals surface area contributed by atoms with Gasteiger partial charge < -0.3 is 24.8 Å². The molecule has 1 aromatic rings. The second-order valence-electron chi connectivity index (χ2n) is 5.76. The van der Waals surface area contributed by atoms with Gasteiger partial charge in [0.05, 0.1) is 13.0 Å². The van der Waals surface area contributed by atoms with Crippen LogP contribution >= 0.6 is 0 Å². The summed E-state index contributed by atoms with van der Waals surface area (Å²) >= 11 is 0. The van der Waals surface area contributed by atoms with Crippen LogP contribution < -0.4 is 14.8 Å². The molecule has 1 rings (SSSR count). The average Bonchev–Trinajstić information content (AvgIpc) is 2.63. The average molecular weight is 366 g/mol. The van der Waals surface area contributed by atoms with Gasteiger partial charge in [0.2, 0.25) is 5.91 Å². The lowest BCUT2D eigenvalue weighted by Crippen LogP contribution is -2.28. The molecule has 0 spiro atoms. The SMILES string of the molecule is CCOc1cc(CNC(=O)CCC(=O)O)ccc1OCCN(CC)CC. The molecule has 0 aliphatic heterocycles. The van der Waals surface area contributed by atoms with Crippen molar-refractivity contribution in [3.05, 3.63) is 23.8 Å². The third-order valence-corrected chi connectivity index (χ3v) is 3.92. The highest BCUT2D eigenvalue weighted by Crippen LogP contribution is 2.28. The molecular formula is C19H30N2O5. The molecule has 0 bridgehead atoms. The van der Waals surface area contributed by atoms with E-state index in [1.165, 1.54) is 0 Å². The van der Waals surface area contributed by atoms with Crippen LogP contribution in [-0.4, -0.2) is 54.7 Å². The van der Waals surface area contributed by atoms with Gasteiger partial charge in [0, 0.05) is 19.5 Å². The third-order valence-electron chi connectivity index (χ3n) is 3.92. The molecule has 2 N–H and O–H groups in total. The minimum absolute atomic E-state index is 0.0276. The van der Waals surface area contributed by atoms with Crippen molar-refractivity contribution in [3.8, 4) is 11.5 Å². The summed E-state index contributed by atoms with van der Waals surface area (Å²) in [4.78, 5) is 24.4. The summed E-state index contributed by atoms with van der Waals surface area (Å²) in [6.07, 6.45) is -0.199. The second-order valence-corrected chi connectivity index (χ2v) is 5.76. The van der Waals surface area contributed by atoms with Gasteiger partial charge >= 0.3 is 5.97 Å². The van der Waals surface area contributed by atoms with Gasteiger partial charge in [-0.25, -0.2) is 0 Å². The lowest BCUT2D eigenvalue weighted by atomic mass is 10.2. The number of hydrogen-bond acceptors (Lipinski definition) is 5. The fourth-order valence-corrected chi connectivity index (χ4v) is 2.38. The van der Waals surface area contributed by atoms with Crippen molar-refractivity contribution in [1.82, 2.24) is 10.2 Å². The van der Waals surface area contributed by atoms with Crippen LogP contribution in [0.3, 0.4) is 0 Å². The lowest BCUT2D eigenvalue weighted by Gasteiger charge is -2.19. The maximum absolute atomic E-state index is 11.6. The number of carboxylic acids is 1. The zero-order valence-corrected chi connectivity index (χ0v) is 15.9. The third kappa shape index (κ3) is 8.20. The van der Waals surface area contributed by atoms with E-state index in [4.69, 9.17) is 14.6 Å². The summed E-state index contributed by atoms with van der Waals surface area (Å²) in [5.41, 5.74) is 0.869. The summed E-state index contributed by atoms with van der Waals surface area (Å²) in [6, 6.07) is 5.55. The van der Waals surface area contributed by atoms with Crippen molar-refractivity contribution >= 4 is 11.9 Å². The Labute approximate surface area is 155 Å². The normalized spacial score (nSPS) is 10.6. The number of carbonyl (C=O) groups is 2. The highest BCUT2D eigenvalue weighted by molar-refractivity contribution is 5.80. The quantitative estimate of drug-likeness (QED) is 0.557. The van der Waals surface area contributed by atoms with Crippen LogP contribution in [0.25, 0.3) is 0 Å². The van der Waals surface area contributed by atoms with Crippen molar-refractivity contribution in [1.29, 1.82) is 0 Å². The maximum Gasteiger partial charge on any atom is 0.303 e. The predicted octanol–water partition coefficient (Wildman–Crippen LogP) is 2.29. The van der Waals surface area contributed by atoms with Gasteiger partial charge in [-0.2, -0.15) is 0 Å². The summed E-state index contributed by atoms with van der Waals surface area (Å²) in [6.45, 7) is 10.4. The second kappa shape index (κ2) is 12.1. The van der Waals surface area contributed by atoms with Crippen molar-refractivity contribution in [2.75, 3.05) is 32.8 Å². The molecule has 0 saturated heterocycles. The maximum atomic E-state index is 11.6. The molecule has 1 amide bonds. The number of carbonyl (C=O) groups excluding carboxylic acids is 1. The van der Waals surface area contributed by atoms with Crippen molar-refractivity contribution in [2.24, 2.45) is 0 Å². The van der Waals surface area contributed by atoms with E-state index in [-0.39, 0.29) is 18.7 Å². The number of ether oxygens (including phenoxy) is 2. The number of carboxylic acid groups (broad SMARTS) is 1. The molecule has 146 valence electrons. The molecule has 1 aromatic carbocycles. The Morgan fingerprint density at radius 2 is 1.81 bits per heavy atom. The first-order valence-electron chi connectivity index (χ1n) is 9.09. The minimum atomic E-state index is -0.981. The Bertz CT molecular complexity index is 573. The number of amides is 1. The van der Waals surface area contributed by atoms with E-state index in [1.54, 1.807) is 0 Å². The van der Waals surface area contributed by atoms with Gasteiger partial charge in [0.15, 0.2) is 11.5 Å². The van der Waals surface area contributed by atoms with Crippen LogP contribution in [0.1, 0.15) is 39.2 Å². The summed E-state index contributed by atoms with van der Waals surface area (Å²) in [7, 11) is 0. The number of nitrogens with zero attached hydrogens (tertiary/aromatic N) is 1. The lowest BCUT2D eigenvalue weighted by molar-refractivity contribution is -0.138. The van der Waals surface area contributed by atoms with Gasteiger partial charge in [-0.1, -0.05) is 19.9 Å². The molecule has 7 nitrogen and oxygen atoms in total. The molecule has 0 heterocycles. The summed E-state index contributed by atoms with van der Waals surface area (Å²) in [5, 5.41) is 11.3. The van der Waals surface area contributed by atoms with E-state index in [1.807, 2.05) is 25.1 Å². The Hall–Kier alpha value is -2.28. The highest BCUT2D eigenvalue weighted by Gasteiger charge is 2.09. The van der Waals surface area contributed by atoms with Crippen LogP contribution in [0, 0.1) is 0 Å². The zero-order chi connectivity index (χ0) is 19.4. The van der Waals surface area contributed by atoms with E-state index >= 15 is 0 Å². The molecule has 0 unspecified atom stereocenters. The monoisotopic (exact) mass is 366 g/mol. The molecule has 26 heavy (non-hydrogen) atoms. The number of nitrogens with one attached hydrogen (secondary N) is 1. The number of hydrogen-bond donors (Lipinski definition) is 2. The Morgan fingerprint density at radius 3 is 2.42 bits per heavy atom. The van der Waals surface area contributed by atoms with Crippen molar-refractivity contribution in [3.63, 3.8) is 0 Å². The van der Waals surface area contributed by atoms with Gasteiger partial charge in [0.25, 0.3) is 0 Å². The zero-order valence-electron chi connectivity index (χ0n) is 15.9. The molecule has 0 radical (unpaired) electrons. The van der Waals surface area contributed by atoms with Crippen LogP contribution in [0.5, 0.6) is 11.5 Å². The van der Waals surface area contributed by atoms with E-state index < -0.39 is 5.97 Å². The van der Waals surface area contributed by atoms with Crippen LogP contribution in [-0.2, 0) is 16.1 Å². The molecule has 0 atom stereocenters. The summed E-state index contributed by atoms with van der Waals surface area (Å²) < 4.78 is 11.5. The summed E-state index contributed by atoms with van der Waals surface area (Å²) in [5.74, 6) is 0.0548. The molecular weight excluding hydrogens is 336 g/mol. The fourth-order valence-electron chi connectivity index (χ4n) is 2.38. The Balaban J connectivity index is 2.60. The first kappa shape index (κ1) is 21.8. The van der Waals surface area contributed by atoms with E-state index in [2.05, 4.69) is 24.1 Å². The molecule has 0 saturated carbocycles. The Morgan fingerprint density at radius 1 is 1.08 bits per heavy atom. The first-order valence-corrected chi connectivity index (χ1v) is 9.09. The van der Waals surface area contributed by atoms with Crippen LogP contribution in [0.15, 0.2) is 18.2 Å². The Kier molecular flexibility index (Phi) is 10.2. The van der Waals surface area contributed by atoms with Gasteiger partial charge in [-0.05, 0) is 37.7 Å². The number of aliphatic carboxylic acids is 1. The molecule has 0 aliphatic carbocycles. The van der Waals surface area contributed by atoms with E-state index in [9.17, 15) is 9.59 Å². The van der Waals surface area contributed by atoms with Gasteiger partial charge in [0.1, 0.15) is 6.61 Å². The number of likely N-dealkylation sites (N-methyl/N-ethyl adjacent to an activating group) is 1. The largest absolute Gasteiger partial charge is 0.490 e. The smallest absolute Gasteiger partial charge is 0.303 e. The minimum Gasteiger partial charge on any atom is -0.490 e. The molecule has 0 fully saturated rings. The molecule has 0 aliphatic rings. The van der Waals surface area contributed by atoms with Crippen molar-refractivity contribution < 1.29 is 24.2 Å². The van der Waals surface area contributed by atoms with Gasteiger partial charge in [-0.15, -0.1) is 0 Å². The predicted molar refractivity (Wildman–Crippen MR) is 99.6 cm³/mol. The molecule has 7 heteroatoms. The highest BCUT2D eigenvalue weighted by atomic mass is 16.5. The number of rotatable bonds is 13. The van der Waals surface area contributed by atoms with Crippen LogP contribution in [0.4, 0.5) is 0 Å². The van der Waals surface area contributed by atoms with Crippen molar-refractivity contribution in [2.45, 2.75) is 40.2 Å². The topological polar surface area (TPSA) is 88.1 Å². The standard InChI is InChI=1S/C19H30N2O5/c1-4-21(5-2)11-12-26-16-8-7-15(13-17(16)25-6-3)14-20-18(22)9-10-19(23)24/h7-8,13H,4-6,9-12,14H2,1-3H3,(H,20,22)(H,23,24).